The Hall–Kier alpha value is -2.89. The topological polar surface area (TPSA) is 75.5 Å². The number of hydrogen-bond acceptors (Lipinski definition) is 4. The van der Waals surface area contributed by atoms with Crippen molar-refractivity contribution in [3.05, 3.63) is 69.8 Å². The van der Waals surface area contributed by atoms with Gasteiger partial charge in [-0.3, -0.25) is 14.9 Å². The van der Waals surface area contributed by atoms with Gasteiger partial charge in [0.25, 0.3) is 11.6 Å². The number of amides is 1. The van der Waals surface area contributed by atoms with Crippen molar-refractivity contribution >= 4 is 17.3 Å². The van der Waals surface area contributed by atoms with Crippen LogP contribution in [-0.2, 0) is 0 Å². The number of hydrogen-bond donors (Lipinski definition) is 1. The molecule has 0 saturated carbocycles. The monoisotopic (exact) mass is 327 g/mol. The summed E-state index contributed by atoms with van der Waals surface area (Å²) in [5.74, 6) is -0.291. The molecular weight excluding hydrogens is 306 g/mol. The Morgan fingerprint density at radius 1 is 1.21 bits per heavy atom. The number of aryl methyl sites for hydroxylation is 1. The fraction of sp³-hybridized carbons (Fsp3) is 0.278. The van der Waals surface area contributed by atoms with Crippen LogP contribution in [-0.4, -0.2) is 31.0 Å². The Labute approximate surface area is 141 Å². The number of nitrogens with zero attached hydrogens (tertiary/aromatic N) is 2. The number of rotatable bonds is 7. The van der Waals surface area contributed by atoms with E-state index in [1.807, 2.05) is 37.4 Å². The van der Waals surface area contributed by atoms with E-state index in [2.05, 4.69) is 10.2 Å². The highest BCUT2D eigenvalue weighted by molar-refractivity contribution is 5.94. The van der Waals surface area contributed by atoms with Crippen LogP contribution in [0.2, 0.25) is 0 Å². The number of nitro groups is 1. The number of para-hydroxylation sites is 1. The maximum atomic E-state index is 12.1. The normalized spacial score (nSPS) is 10.2. The third-order valence-electron chi connectivity index (χ3n) is 3.82. The van der Waals surface area contributed by atoms with Gasteiger partial charge in [0.2, 0.25) is 0 Å². The van der Waals surface area contributed by atoms with E-state index in [-0.39, 0.29) is 11.6 Å². The van der Waals surface area contributed by atoms with E-state index < -0.39 is 4.92 Å². The maximum Gasteiger partial charge on any atom is 0.273 e. The zero-order chi connectivity index (χ0) is 17.5. The second-order valence-electron chi connectivity index (χ2n) is 5.62. The molecule has 0 spiro atoms. The molecule has 0 aliphatic carbocycles. The van der Waals surface area contributed by atoms with Crippen LogP contribution < -0.4 is 10.2 Å². The van der Waals surface area contributed by atoms with Crippen molar-refractivity contribution in [1.82, 2.24) is 5.32 Å². The molecule has 0 unspecified atom stereocenters. The van der Waals surface area contributed by atoms with Crippen LogP contribution in [0.15, 0.2) is 48.5 Å². The van der Waals surface area contributed by atoms with E-state index in [0.29, 0.717) is 17.7 Å². The molecule has 2 rings (SSSR count). The third kappa shape index (κ3) is 4.55. The lowest BCUT2D eigenvalue weighted by Gasteiger charge is -2.19. The molecule has 6 heteroatoms. The summed E-state index contributed by atoms with van der Waals surface area (Å²) in [6.07, 6.45) is 0.783. The van der Waals surface area contributed by atoms with Crippen LogP contribution in [0.5, 0.6) is 0 Å². The minimum absolute atomic E-state index is 0.0357. The molecule has 0 aromatic heterocycles. The van der Waals surface area contributed by atoms with Gasteiger partial charge in [0.05, 0.1) is 4.92 Å². The van der Waals surface area contributed by atoms with E-state index in [1.165, 1.54) is 6.07 Å². The summed E-state index contributed by atoms with van der Waals surface area (Å²) in [6, 6.07) is 14.5. The van der Waals surface area contributed by atoms with Crippen molar-refractivity contribution in [1.29, 1.82) is 0 Å². The summed E-state index contributed by atoms with van der Waals surface area (Å²) in [7, 11) is 2.00. The third-order valence-corrected chi connectivity index (χ3v) is 3.82. The predicted octanol–water partition coefficient (Wildman–Crippen LogP) is 3.16. The summed E-state index contributed by atoms with van der Waals surface area (Å²) in [6.45, 7) is 2.97. The van der Waals surface area contributed by atoms with Gasteiger partial charge in [-0.05, 0) is 31.5 Å². The lowest BCUT2D eigenvalue weighted by molar-refractivity contribution is -0.385. The second-order valence-corrected chi connectivity index (χ2v) is 5.62. The zero-order valence-corrected chi connectivity index (χ0v) is 13.9. The number of carbonyl (C=O) groups excluding carboxylic acids is 1. The Kier molecular flexibility index (Phi) is 5.89. The average molecular weight is 327 g/mol. The highest BCUT2D eigenvalue weighted by Gasteiger charge is 2.14. The van der Waals surface area contributed by atoms with Crippen molar-refractivity contribution in [3.8, 4) is 0 Å². The van der Waals surface area contributed by atoms with E-state index in [9.17, 15) is 14.9 Å². The molecular formula is C18H21N3O3. The second kappa shape index (κ2) is 8.10. The lowest BCUT2D eigenvalue weighted by atomic mass is 10.1. The molecule has 2 aromatic carbocycles. The number of nitro benzene ring substituents is 1. The van der Waals surface area contributed by atoms with Crippen LogP contribution >= 0.6 is 0 Å². The van der Waals surface area contributed by atoms with Crippen LogP contribution in [0, 0.1) is 17.0 Å². The first-order valence-electron chi connectivity index (χ1n) is 7.78. The summed E-state index contributed by atoms with van der Waals surface area (Å²) in [5.41, 5.74) is 1.94. The van der Waals surface area contributed by atoms with Gasteiger partial charge in [-0.2, -0.15) is 0 Å². The van der Waals surface area contributed by atoms with Crippen molar-refractivity contribution in [2.75, 3.05) is 25.0 Å². The summed E-state index contributed by atoms with van der Waals surface area (Å²) in [4.78, 5) is 24.7. The first-order valence-corrected chi connectivity index (χ1v) is 7.78. The molecule has 0 atom stereocenters. The molecule has 2 aromatic rings. The van der Waals surface area contributed by atoms with Crippen molar-refractivity contribution < 1.29 is 9.72 Å². The number of anilines is 1. The number of nitrogens with one attached hydrogen (secondary N) is 1. The van der Waals surface area contributed by atoms with E-state index in [1.54, 1.807) is 19.1 Å². The van der Waals surface area contributed by atoms with Gasteiger partial charge in [-0.15, -0.1) is 0 Å². The molecule has 0 heterocycles. The highest BCUT2D eigenvalue weighted by Crippen LogP contribution is 2.19. The number of carbonyl (C=O) groups is 1. The molecule has 0 radical (unpaired) electrons. The quantitative estimate of drug-likeness (QED) is 0.481. The van der Waals surface area contributed by atoms with Crippen LogP contribution in [0.25, 0.3) is 0 Å². The first kappa shape index (κ1) is 17.5. The molecule has 1 amide bonds. The van der Waals surface area contributed by atoms with Gasteiger partial charge in [0, 0.05) is 43.0 Å². The van der Waals surface area contributed by atoms with Crippen molar-refractivity contribution in [3.63, 3.8) is 0 Å². The Bertz CT molecular complexity index is 717. The van der Waals surface area contributed by atoms with Gasteiger partial charge in [0.15, 0.2) is 0 Å². The molecule has 0 aliphatic heterocycles. The van der Waals surface area contributed by atoms with Crippen LogP contribution in [0.4, 0.5) is 11.4 Å². The Balaban J connectivity index is 1.83. The Morgan fingerprint density at radius 2 is 1.92 bits per heavy atom. The molecule has 1 N–H and O–H groups in total. The van der Waals surface area contributed by atoms with Gasteiger partial charge < -0.3 is 10.2 Å². The van der Waals surface area contributed by atoms with Crippen LogP contribution in [0.3, 0.4) is 0 Å². The summed E-state index contributed by atoms with van der Waals surface area (Å²) in [5, 5.41) is 13.7. The SMILES string of the molecule is Cc1ccc(C(=O)NCCCN(C)c2ccccc2)cc1[N+](=O)[O-]. The standard InChI is InChI=1S/C18H21N3O3/c1-14-9-10-15(13-17(14)21(23)24)18(22)19-11-6-12-20(2)16-7-4-3-5-8-16/h3-5,7-10,13H,6,11-12H2,1-2H3,(H,19,22). The summed E-state index contributed by atoms with van der Waals surface area (Å²) >= 11 is 0. The highest BCUT2D eigenvalue weighted by atomic mass is 16.6. The fourth-order valence-corrected chi connectivity index (χ4v) is 2.38. The van der Waals surface area contributed by atoms with Gasteiger partial charge in [-0.25, -0.2) is 0 Å². The molecule has 126 valence electrons. The Morgan fingerprint density at radius 3 is 2.58 bits per heavy atom. The van der Waals surface area contributed by atoms with Gasteiger partial charge in [-0.1, -0.05) is 24.3 Å². The average Bonchev–Trinajstić information content (AvgIpc) is 2.59. The molecule has 0 saturated heterocycles. The van der Waals surface area contributed by atoms with E-state index in [0.717, 1.165) is 18.7 Å². The zero-order valence-electron chi connectivity index (χ0n) is 13.9. The number of benzene rings is 2. The largest absolute Gasteiger partial charge is 0.375 e. The lowest BCUT2D eigenvalue weighted by Crippen LogP contribution is -2.28. The minimum Gasteiger partial charge on any atom is -0.375 e. The fourth-order valence-electron chi connectivity index (χ4n) is 2.38. The smallest absolute Gasteiger partial charge is 0.273 e. The van der Waals surface area contributed by atoms with Gasteiger partial charge in [0.1, 0.15) is 0 Å². The van der Waals surface area contributed by atoms with Gasteiger partial charge >= 0.3 is 0 Å². The molecule has 0 bridgehead atoms. The molecule has 24 heavy (non-hydrogen) atoms. The minimum atomic E-state index is -0.471. The van der Waals surface area contributed by atoms with Crippen LogP contribution in [0.1, 0.15) is 22.3 Å². The predicted molar refractivity (Wildman–Crippen MR) is 94.5 cm³/mol. The maximum absolute atomic E-state index is 12.1. The summed E-state index contributed by atoms with van der Waals surface area (Å²) < 4.78 is 0. The van der Waals surface area contributed by atoms with E-state index >= 15 is 0 Å². The van der Waals surface area contributed by atoms with Crippen molar-refractivity contribution in [2.45, 2.75) is 13.3 Å². The molecule has 6 nitrogen and oxygen atoms in total. The first-order chi connectivity index (χ1) is 11.5. The van der Waals surface area contributed by atoms with Crippen molar-refractivity contribution in [2.24, 2.45) is 0 Å². The molecule has 0 fully saturated rings. The molecule has 0 aliphatic rings. The van der Waals surface area contributed by atoms with E-state index in [4.69, 9.17) is 0 Å².